The van der Waals surface area contributed by atoms with Gasteiger partial charge in [0.25, 0.3) is 0 Å². The summed E-state index contributed by atoms with van der Waals surface area (Å²) in [6, 6.07) is 21.3. The molecule has 0 radical (unpaired) electrons. The summed E-state index contributed by atoms with van der Waals surface area (Å²) in [5.74, 6) is 1.39. The van der Waals surface area contributed by atoms with Crippen LogP contribution in [0.3, 0.4) is 0 Å². The molecule has 2 atom stereocenters. The Morgan fingerprint density at radius 3 is 1.79 bits per heavy atom. The van der Waals surface area contributed by atoms with Crippen molar-refractivity contribution < 1.29 is 0 Å². The maximum Gasteiger partial charge on any atom is 0.0653 e. The Kier molecular flexibility index (Phi) is 16.6. The highest BCUT2D eigenvalue weighted by atomic mass is 15.0. The molecule has 0 aliphatic heterocycles. The molecule has 2 aromatic rings. The summed E-state index contributed by atoms with van der Waals surface area (Å²) in [6.07, 6.45) is 4.80. The highest BCUT2D eigenvalue weighted by molar-refractivity contribution is 5.17. The van der Waals surface area contributed by atoms with Crippen molar-refractivity contribution in [3.05, 3.63) is 109 Å². The summed E-state index contributed by atoms with van der Waals surface area (Å²) in [6.45, 7) is 25.1. The smallest absolute Gasteiger partial charge is 0.0653 e. The molecule has 0 saturated carbocycles. The van der Waals surface area contributed by atoms with Crippen LogP contribution in [0.5, 0.6) is 0 Å². The van der Waals surface area contributed by atoms with Crippen molar-refractivity contribution in [1.29, 1.82) is 0 Å². The molecule has 0 saturated heterocycles. The lowest BCUT2D eigenvalue weighted by atomic mass is 10.0. The lowest BCUT2D eigenvalue weighted by Gasteiger charge is -2.26. The molecule has 2 unspecified atom stereocenters. The standard InChI is InChI=1S/C30H44N4.C4H10/c1-23(2)22-30(34-24(3)16-17-27-12-8-6-9-13-27)26(5)32-20-21-33-29(25(4)31)19-18-28-14-10-7-11-15-28;1-4(2)3/h6-15,23,29-30,32-34H,3-5,16-22,31H2,1-2H3;4H,1-3H3. The van der Waals surface area contributed by atoms with Crippen LogP contribution in [0.25, 0.3) is 0 Å². The van der Waals surface area contributed by atoms with Crippen LogP contribution in [0.15, 0.2) is 97.5 Å². The van der Waals surface area contributed by atoms with Crippen molar-refractivity contribution in [3.63, 3.8) is 0 Å². The third-order valence-corrected chi connectivity index (χ3v) is 5.94. The minimum absolute atomic E-state index is 0.0950. The Morgan fingerprint density at radius 2 is 1.29 bits per heavy atom. The van der Waals surface area contributed by atoms with Crippen LogP contribution in [0.2, 0.25) is 0 Å². The first-order chi connectivity index (χ1) is 18.1. The topological polar surface area (TPSA) is 62.1 Å². The summed E-state index contributed by atoms with van der Waals surface area (Å²) >= 11 is 0. The highest BCUT2D eigenvalue weighted by Crippen LogP contribution is 2.14. The number of hydrogen-bond donors (Lipinski definition) is 4. The van der Waals surface area contributed by atoms with Crippen LogP contribution >= 0.6 is 0 Å². The number of nitrogens with one attached hydrogen (secondary N) is 3. The molecule has 2 aromatic carbocycles. The van der Waals surface area contributed by atoms with E-state index in [2.05, 4.69) is 125 Å². The molecule has 0 heterocycles. The van der Waals surface area contributed by atoms with Gasteiger partial charge in [0, 0.05) is 36.2 Å². The maximum atomic E-state index is 6.06. The molecule has 0 aliphatic rings. The molecule has 4 heteroatoms. The lowest BCUT2D eigenvalue weighted by molar-refractivity contribution is 0.457. The Bertz CT molecular complexity index is 915. The molecule has 0 bridgehead atoms. The highest BCUT2D eigenvalue weighted by Gasteiger charge is 2.15. The third-order valence-electron chi connectivity index (χ3n) is 5.94. The monoisotopic (exact) mass is 518 g/mol. The predicted molar refractivity (Wildman–Crippen MR) is 168 cm³/mol. The second-order valence-electron chi connectivity index (χ2n) is 11.2. The van der Waals surface area contributed by atoms with Crippen LogP contribution < -0.4 is 21.7 Å². The van der Waals surface area contributed by atoms with E-state index in [-0.39, 0.29) is 12.1 Å². The maximum absolute atomic E-state index is 6.06. The zero-order chi connectivity index (χ0) is 28.3. The molecule has 210 valence electrons. The zero-order valence-corrected chi connectivity index (χ0v) is 24.7. The van der Waals surface area contributed by atoms with Crippen LogP contribution in [-0.4, -0.2) is 25.2 Å². The SMILES string of the molecule is C=C(CCc1ccccc1)NC(CC(C)C)C(=C)NCCNC(CCc1ccccc1)C(=C)N.CC(C)C. The van der Waals surface area contributed by atoms with Gasteiger partial charge in [0.05, 0.1) is 6.04 Å². The quantitative estimate of drug-likeness (QED) is 0.171. The number of aryl methyl sites for hydroxylation is 2. The summed E-state index contributed by atoms with van der Waals surface area (Å²) in [4.78, 5) is 0. The van der Waals surface area contributed by atoms with E-state index in [9.17, 15) is 0 Å². The fourth-order valence-corrected chi connectivity index (χ4v) is 3.99. The summed E-state index contributed by atoms with van der Waals surface area (Å²) in [7, 11) is 0. The van der Waals surface area contributed by atoms with Crippen molar-refractivity contribution in [3.8, 4) is 0 Å². The van der Waals surface area contributed by atoms with Gasteiger partial charge in [-0.1, -0.05) is 115 Å². The summed E-state index contributed by atoms with van der Waals surface area (Å²) in [5, 5.41) is 10.7. The van der Waals surface area contributed by atoms with Gasteiger partial charge >= 0.3 is 0 Å². The molecule has 5 N–H and O–H groups in total. The summed E-state index contributed by atoms with van der Waals surface area (Å²) < 4.78 is 0. The molecular formula is C34H54N4. The van der Waals surface area contributed by atoms with Gasteiger partial charge in [-0.3, -0.25) is 0 Å². The van der Waals surface area contributed by atoms with Gasteiger partial charge in [-0.05, 0) is 55.1 Å². The predicted octanol–water partition coefficient (Wildman–Crippen LogP) is 6.97. The molecule has 38 heavy (non-hydrogen) atoms. The van der Waals surface area contributed by atoms with Crippen molar-refractivity contribution in [2.24, 2.45) is 17.6 Å². The van der Waals surface area contributed by atoms with E-state index in [1.54, 1.807) is 0 Å². The molecule has 2 rings (SSSR count). The molecule has 4 nitrogen and oxygen atoms in total. The van der Waals surface area contributed by atoms with Crippen molar-refractivity contribution in [1.82, 2.24) is 16.0 Å². The number of allylic oxidation sites excluding steroid dienone is 1. The Labute approximate surface area is 233 Å². The van der Waals surface area contributed by atoms with Crippen molar-refractivity contribution >= 4 is 0 Å². The molecule has 0 aliphatic carbocycles. The average molecular weight is 519 g/mol. The largest absolute Gasteiger partial charge is 0.401 e. The molecule has 0 spiro atoms. The van der Waals surface area contributed by atoms with E-state index >= 15 is 0 Å². The number of benzene rings is 2. The second-order valence-corrected chi connectivity index (χ2v) is 11.2. The summed E-state index contributed by atoms with van der Waals surface area (Å²) in [5.41, 5.74) is 11.4. The van der Waals surface area contributed by atoms with Gasteiger partial charge < -0.3 is 21.7 Å². The van der Waals surface area contributed by atoms with Crippen LogP contribution in [0.4, 0.5) is 0 Å². The normalized spacial score (nSPS) is 12.3. The molecular weight excluding hydrogens is 464 g/mol. The lowest BCUT2D eigenvalue weighted by Crippen LogP contribution is -2.41. The van der Waals surface area contributed by atoms with Gasteiger partial charge in [0.15, 0.2) is 0 Å². The molecule has 0 amide bonds. The van der Waals surface area contributed by atoms with Gasteiger partial charge in [0.2, 0.25) is 0 Å². The number of nitrogens with two attached hydrogens (primary N) is 1. The Morgan fingerprint density at radius 1 is 0.763 bits per heavy atom. The number of rotatable bonds is 17. The molecule has 0 fully saturated rings. The Balaban J connectivity index is 0.00000168. The first-order valence-electron chi connectivity index (χ1n) is 14.2. The van der Waals surface area contributed by atoms with Crippen LogP contribution in [0, 0.1) is 11.8 Å². The van der Waals surface area contributed by atoms with E-state index < -0.39 is 0 Å². The van der Waals surface area contributed by atoms with Crippen LogP contribution in [0.1, 0.15) is 65.0 Å². The van der Waals surface area contributed by atoms with E-state index in [4.69, 9.17) is 5.73 Å². The second kappa shape index (κ2) is 19.1. The average Bonchev–Trinajstić information content (AvgIpc) is 2.87. The van der Waals surface area contributed by atoms with Gasteiger partial charge in [-0.2, -0.15) is 0 Å². The van der Waals surface area contributed by atoms with Crippen LogP contribution in [-0.2, 0) is 12.8 Å². The fraction of sp³-hybridized carbons (Fsp3) is 0.471. The first kappa shape index (κ1) is 33.0. The van der Waals surface area contributed by atoms with E-state index in [0.717, 1.165) is 62.5 Å². The van der Waals surface area contributed by atoms with E-state index in [0.29, 0.717) is 11.6 Å². The Hall–Kier alpha value is -2.98. The van der Waals surface area contributed by atoms with Crippen molar-refractivity contribution in [2.45, 2.75) is 78.8 Å². The third kappa shape index (κ3) is 16.0. The van der Waals surface area contributed by atoms with E-state index in [1.807, 2.05) is 6.07 Å². The van der Waals surface area contributed by atoms with E-state index in [1.165, 1.54) is 11.1 Å². The fourth-order valence-electron chi connectivity index (χ4n) is 3.99. The minimum atomic E-state index is 0.0950. The van der Waals surface area contributed by atoms with Gasteiger partial charge in [0.1, 0.15) is 0 Å². The first-order valence-corrected chi connectivity index (χ1v) is 14.2. The number of hydrogen-bond acceptors (Lipinski definition) is 4. The van der Waals surface area contributed by atoms with Gasteiger partial charge in [-0.25, -0.2) is 0 Å². The molecule has 0 aromatic heterocycles. The van der Waals surface area contributed by atoms with Crippen molar-refractivity contribution in [2.75, 3.05) is 13.1 Å². The minimum Gasteiger partial charge on any atom is -0.401 e. The zero-order valence-electron chi connectivity index (χ0n) is 24.7. The van der Waals surface area contributed by atoms with Gasteiger partial charge in [-0.15, -0.1) is 0 Å².